The van der Waals surface area contributed by atoms with Crippen LogP contribution in [0, 0.1) is 0 Å². The number of imidazole rings is 1. The number of aromatic amines is 1. The number of H-pyrrole nitrogens is 1. The number of nitrogens with one attached hydrogen (secondary N) is 1. The molecule has 0 saturated carbocycles. The summed E-state index contributed by atoms with van der Waals surface area (Å²) in [7, 11) is 1.50. The third kappa shape index (κ3) is 3.54. The first-order chi connectivity index (χ1) is 15.3. The minimum atomic E-state index is -0.594. The average Bonchev–Trinajstić information content (AvgIpc) is 3.25. The first-order valence-electron chi connectivity index (χ1n) is 9.68. The molecule has 0 radical (unpaired) electrons. The van der Waals surface area contributed by atoms with Crippen LogP contribution in [-0.2, 0) is 20.1 Å². The van der Waals surface area contributed by atoms with E-state index in [1.54, 1.807) is 23.6 Å². The van der Waals surface area contributed by atoms with Gasteiger partial charge in [-0.05, 0) is 13.0 Å². The summed E-state index contributed by atoms with van der Waals surface area (Å²) in [5.41, 5.74) is 0.160. The number of aryl methyl sites for hydroxylation is 1. The van der Waals surface area contributed by atoms with Crippen LogP contribution in [0.2, 0.25) is 0 Å². The Morgan fingerprint density at radius 3 is 2.72 bits per heavy atom. The second kappa shape index (κ2) is 8.31. The van der Waals surface area contributed by atoms with E-state index < -0.39 is 11.2 Å². The van der Waals surface area contributed by atoms with Gasteiger partial charge in [0.15, 0.2) is 16.9 Å². The summed E-state index contributed by atoms with van der Waals surface area (Å²) in [6.07, 6.45) is 3.35. The predicted molar refractivity (Wildman–Crippen MR) is 123 cm³/mol. The Bertz CT molecular complexity index is 1530. The van der Waals surface area contributed by atoms with Crippen LogP contribution in [0.4, 0.5) is 11.6 Å². The second-order valence-corrected chi connectivity index (χ2v) is 7.69. The highest BCUT2D eigenvalue weighted by molar-refractivity contribution is 6.29. The number of hydrogen-bond acceptors (Lipinski definition) is 6. The van der Waals surface area contributed by atoms with Gasteiger partial charge in [0.25, 0.3) is 11.5 Å². The van der Waals surface area contributed by atoms with Crippen molar-refractivity contribution in [3.05, 3.63) is 68.9 Å². The lowest BCUT2D eigenvalue weighted by Gasteiger charge is -2.03. The zero-order valence-corrected chi connectivity index (χ0v) is 18.2. The Labute approximate surface area is 186 Å². The minimum absolute atomic E-state index is 0.0701. The maximum Gasteiger partial charge on any atom is 0.329 e. The fourth-order valence-corrected chi connectivity index (χ4v) is 3.54. The lowest BCUT2D eigenvalue weighted by molar-refractivity contribution is 0.431. The van der Waals surface area contributed by atoms with Gasteiger partial charge in [0, 0.05) is 30.6 Å². The van der Waals surface area contributed by atoms with E-state index in [9.17, 15) is 14.7 Å². The lowest BCUT2D eigenvalue weighted by Crippen LogP contribution is -2.29. The smallest absolute Gasteiger partial charge is 0.329 e. The lowest BCUT2D eigenvalue weighted by atomic mass is 10.2. The first kappa shape index (κ1) is 21.3. The molecule has 0 bridgehead atoms. The summed E-state index contributed by atoms with van der Waals surface area (Å²) in [5, 5.41) is 20.4. The van der Waals surface area contributed by atoms with Gasteiger partial charge >= 0.3 is 5.69 Å². The van der Waals surface area contributed by atoms with Crippen LogP contribution in [0.15, 0.2) is 67.8 Å². The molecule has 3 heterocycles. The number of fused-ring (bicyclic) bond motifs is 2. The van der Waals surface area contributed by atoms with Crippen LogP contribution in [0.3, 0.4) is 0 Å². The SMILES string of the molecule is C=CCn1c(O)c(N=Nc2nc3c(c(=O)[nH]c(=O)n3C)n2CC=C(C)Cl)c2ccccc21. The van der Waals surface area contributed by atoms with E-state index in [-0.39, 0.29) is 35.2 Å². The predicted octanol–water partition coefficient (Wildman–Crippen LogP) is 3.83. The average molecular weight is 454 g/mol. The van der Waals surface area contributed by atoms with Crippen molar-refractivity contribution in [2.24, 2.45) is 17.3 Å². The van der Waals surface area contributed by atoms with Crippen molar-refractivity contribution in [2.45, 2.75) is 20.0 Å². The molecule has 11 heteroatoms. The number of aromatic nitrogens is 5. The fourth-order valence-electron chi connectivity index (χ4n) is 3.47. The molecule has 0 spiro atoms. The van der Waals surface area contributed by atoms with Crippen molar-refractivity contribution >= 4 is 45.3 Å². The van der Waals surface area contributed by atoms with Gasteiger partial charge < -0.3 is 9.67 Å². The van der Waals surface area contributed by atoms with Crippen molar-refractivity contribution in [3.63, 3.8) is 0 Å². The molecule has 2 N–H and O–H groups in total. The van der Waals surface area contributed by atoms with Gasteiger partial charge in [0.05, 0.1) is 5.52 Å². The van der Waals surface area contributed by atoms with Crippen LogP contribution < -0.4 is 11.2 Å². The van der Waals surface area contributed by atoms with Crippen molar-refractivity contribution in [1.29, 1.82) is 0 Å². The maximum atomic E-state index is 12.5. The largest absolute Gasteiger partial charge is 0.493 e. The molecule has 164 valence electrons. The molecule has 32 heavy (non-hydrogen) atoms. The summed E-state index contributed by atoms with van der Waals surface area (Å²) in [5.74, 6) is 0.0140. The van der Waals surface area contributed by atoms with E-state index in [1.807, 2.05) is 24.3 Å². The van der Waals surface area contributed by atoms with E-state index in [1.165, 1.54) is 16.2 Å². The number of rotatable bonds is 6. The highest BCUT2D eigenvalue weighted by atomic mass is 35.5. The number of nitrogens with zero attached hydrogens (tertiary/aromatic N) is 6. The monoisotopic (exact) mass is 453 g/mol. The van der Waals surface area contributed by atoms with Crippen molar-refractivity contribution in [2.75, 3.05) is 0 Å². The molecular formula is C21H20ClN7O3. The minimum Gasteiger partial charge on any atom is -0.493 e. The molecule has 10 nitrogen and oxygen atoms in total. The van der Waals surface area contributed by atoms with E-state index in [0.717, 1.165) is 5.52 Å². The van der Waals surface area contributed by atoms with Gasteiger partial charge in [-0.15, -0.1) is 16.8 Å². The van der Waals surface area contributed by atoms with E-state index in [0.29, 0.717) is 17.0 Å². The molecule has 4 aromatic rings. The third-order valence-electron chi connectivity index (χ3n) is 5.01. The van der Waals surface area contributed by atoms with Gasteiger partial charge in [-0.1, -0.05) is 42.0 Å². The van der Waals surface area contributed by atoms with Crippen LogP contribution in [-0.4, -0.2) is 28.8 Å². The number of azo groups is 1. The number of allylic oxidation sites excluding steroid dienone is 3. The van der Waals surface area contributed by atoms with E-state index in [2.05, 4.69) is 26.8 Å². The van der Waals surface area contributed by atoms with E-state index >= 15 is 0 Å². The summed E-state index contributed by atoms with van der Waals surface area (Å²) < 4.78 is 4.38. The normalized spacial score (nSPS) is 12.4. The highest BCUT2D eigenvalue weighted by Crippen LogP contribution is 2.39. The fraction of sp³-hybridized carbons (Fsp3) is 0.190. The standard InChI is InChI=1S/C21H20ClN7O3/c1-4-10-28-14-8-6-5-7-13(14)15(19(28)31)25-26-20-23-17-16(29(20)11-9-12(2)22)18(30)24-21(32)27(17)3/h4-9,31H,1,10-11H2,2-3H3,(H,24,30,32). The number of hydrogen-bond donors (Lipinski definition) is 2. The Morgan fingerprint density at radius 2 is 2.00 bits per heavy atom. The Balaban J connectivity index is 1.94. The molecule has 3 aromatic heterocycles. The van der Waals surface area contributed by atoms with Crippen molar-refractivity contribution < 1.29 is 5.11 Å². The van der Waals surface area contributed by atoms with Crippen LogP contribution in [0.25, 0.3) is 22.1 Å². The zero-order valence-electron chi connectivity index (χ0n) is 17.4. The van der Waals surface area contributed by atoms with Gasteiger partial charge in [-0.25, -0.2) is 4.79 Å². The molecule has 0 aliphatic carbocycles. The summed E-state index contributed by atoms with van der Waals surface area (Å²) in [6, 6.07) is 7.36. The number of halogens is 1. The highest BCUT2D eigenvalue weighted by Gasteiger charge is 2.19. The van der Waals surface area contributed by atoms with Crippen LogP contribution in [0.1, 0.15) is 6.92 Å². The molecule has 0 amide bonds. The molecular weight excluding hydrogens is 434 g/mol. The molecule has 0 atom stereocenters. The van der Waals surface area contributed by atoms with E-state index in [4.69, 9.17) is 11.6 Å². The van der Waals surface area contributed by atoms with Gasteiger partial charge in [0.1, 0.15) is 0 Å². The summed E-state index contributed by atoms with van der Waals surface area (Å²) >= 11 is 5.97. The van der Waals surface area contributed by atoms with Crippen LogP contribution >= 0.6 is 11.6 Å². The third-order valence-corrected chi connectivity index (χ3v) is 5.16. The van der Waals surface area contributed by atoms with Crippen molar-refractivity contribution in [3.8, 4) is 5.88 Å². The maximum absolute atomic E-state index is 12.5. The molecule has 0 saturated heterocycles. The number of benzene rings is 1. The van der Waals surface area contributed by atoms with Gasteiger partial charge in [-0.3, -0.25) is 18.9 Å². The van der Waals surface area contributed by atoms with Crippen LogP contribution in [0.5, 0.6) is 5.88 Å². The molecule has 0 unspecified atom stereocenters. The Kier molecular flexibility index (Phi) is 5.54. The Hall–Kier alpha value is -3.92. The zero-order chi connectivity index (χ0) is 23.0. The Morgan fingerprint density at radius 1 is 1.25 bits per heavy atom. The first-order valence-corrected chi connectivity index (χ1v) is 10.1. The van der Waals surface area contributed by atoms with Crippen molar-refractivity contribution in [1.82, 2.24) is 23.7 Å². The number of para-hydroxylation sites is 1. The molecule has 1 aromatic carbocycles. The quantitative estimate of drug-likeness (QED) is 0.340. The molecule has 0 aliphatic rings. The molecule has 4 rings (SSSR count). The molecule has 0 fully saturated rings. The molecule has 0 aliphatic heterocycles. The summed E-state index contributed by atoms with van der Waals surface area (Å²) in [4.78, 5) is 31.1. The van der Waals surface area contributed by atoms with Gasteiger partial charge in [0.2, 0.25) is 5.88 Å². The summed E-state index contributed by atoms with van der Waals surface area (Å²) in [6.45, 7) is 6.00. The second-order valence-electron chi connectivity index (χ2n) is 7.09. The van der Waals surface area contributed by atoms with Gasteiger partial charge in [-0.2, -0.15) is 4.98 Å². The topological polar surface area (TPSA) is 123 Å². The number of aromatic hydroxyl groups is 1.